The normalized spacial score (nSPS) is 12.8. The molecule has 116 valence electrons. The number of nitrogens with zero attached hydrogens (tertiary/aromatic N) is 2. The predicted molar refractivity (Wildman–Crippen MR) is 91.3 cm³/mol. The lowest BCUT2D eigenvalue weighted by Gasteiger charge is -2.19. The standard InChI is InChI=1S/C14H19BrClN3OS/c1-3-6-17-13(11-4-5-12(16)21-11)14-10(15)9-18-19(14)7-8-20-2/h4-5,9,13,17H,3,6-8H2,1-2H3. The van der Waals surface area contributed by atoms with Crippen LogP contribution >= 0.6 is 38.9 Å². The van der Waals surface area contributed by atoms with E-state index in [4.69, 9.17) is 16.3 Å². The van der Waals surface area contributed by atoms with E-state index in [9.17, 15) is 0 Å². The quantitative estimate of drug-likeness (QED) is 0.735. The van der Waals surface area contributed by atoms with Gasteiger partial charge >= 0.3 is 0 Å². The minimum atomic E-state index is 0.0798. The van der Waals surface area contributed by atoms with Gasteiger partial charge in [0, 0.05) is 12.0 Å². The van der Waals surface area contributed by atoms with Crippen LogP contribution in [0.2, 0.25) is 4.34 Å². The van der Waals surface area contributed by atoms with Crippen molar-refractivity contribution in [2.75, 3.05) is 20.3 Å². The highest BCUT2D eigenvalue weighted by atomic mass is 79.9. The number of hydrogen-bond donors (Lipinski definition) is 1. The number of thiophene rings is 1. The molecule has 0 aliphatic carbocycles. The molecule has 0 saturated heterocycles. The minimum Gasteiger partial charge on any atom is -0.383 e. The number of rotatable bonds is 8. The molecule has 0 aliphatic heterocycles. The molecule has 2 heterocycles. The maximum absolute atomic E-state index is 6.10. The van der Waals surface area contributed by atoms with Crippen LogP contribution in [0.15, 0.2) is 22.8 Å². The van der Waals surface area contributed by atoms with Crippen LogP contribution in [0.3, 0.4) is 0 Å². The Bertz CT molecular complexity index is 572. The summed E-state index contributed by atoms with van der Waals surface area (Å²) in [5.41, 5.74) is 1.11. The van der Waals surface area contributed by atoms with Gasteiger partial charge in [-0.15, -0.1) is 11.3 Å². The molecule has 2 aromatic heterocycles. The van der Waals surface area contributed by atoms with Crippen molar-refractivity contribution in [1.82, 2.24) is 15.1 Å². The zero-order valence-electron chi connectivity index (χ0n) is 12.1. The third-order valence-electron chi connectivity index (χ3n) is 3.09. The second-order valence-corrected chi connectivity index (χ2v) is 7.22. The van der Waals surface area contributed by atoms with Crippen molar-refractivity contribution in [3.63, 3.8) is 0 Å². The topological polar surface area (TPSA) is 39.1 Å². The molecule has 1 N–H and O–H groups in total. The van der Waals surface area contributed by atoms with E-state index < -0.39 is 0 Å². The molecule has 2 rings (SSSR count). The number of methoxy groups -OCH3 is 1. The summed E-state index contributed by atoms with van der Waals surface area (Å²) in [5.74, 6) is 0. The number of aromatic nitrogens is 2. The summed E-state index contributed by atoms with van der Waals surface area (Å²) < 4.78 is 8.94. The van der Waals surface area contributed by atoms with Crippen LogP contribution in [-0.2, 0) is 11.3 Å². The van der Waals surface area contributed by atoms with E-state index >= 15 is 0 Å². The summed E-state index contributed by atoms with van der Waals surface area (Å²) in [6, 6.07) is 4.09. The first-order valence-corrected chi connectivity index (χ1v) is 8.84. The lowest BCUT2D eigenvalue weighted by Crippen LogP contribution is -2.26. The summed E-state index contributed by atoms with van der Waals surface area (Å²) in [4.78, 5) is 1.19. The van der Waals surface area contributed by atoms with Gasteiger partial charge in [-0.25, -0.2) is 0 Å². The van der Waals surface area contributed by atoms with E-state index in [0.29, 0.717) is 6.61 Å². The number of nitrogens with one attached hydrogen (secondary N) is 1. The molecule has 4 nitrogen and oxygen atoms in total. The first-order chi connectivity index (χ1) is 10.2. The van der Waals surface area contributed by atoms with Gasteiger partial charge in [-0.3, -0.25) is 4.68 Å². The highest BCUT2D eigenvalue weighted by Gasteiger charge is 2.22. The molecule has 21 heavy (non-hydrogen) atoms. The molecule has 2 aromatic rings. The zero-order valence-corrected chi connectivity index (χ0v) is 15.3. The largest absolute Gasteiger partial charge is 0.383 e. The third-order valence-corrected chi connectivity index (χ3v) is 5.00. The van der Waals surface area contributed by atoms with Crippen LogP contribution in [-0.4, -0.2) is 30.0 Å². The van der Waals surface area contributed by atoms with Gasteiger partial charge in [0.05, 0.1) is 39.9 Å². The van der Waals surface area contributed by atoms with Crippen LogP contribution in [0, 0.1) is 0 Å². The molecule has 0 aromatic carbocycles. The minimum absolute atomic E-state index is 0.0798. The van der Waals surface area contributed by atoms with Gasteiger partial charge in [0.25, 0.3) is 0 Å². The van der Waals surface area contributed by atoms with Crippen molar-refractivity contribution in [2.24, 2.45) is 0 Å². The molecule has 0 spiro atoms. The van der Waals surface area contributed by atoms with E-state index in [0.717, 1.165) is 34.0 Å². The smallest absolute Gasteiger partial charge is 0.0931 e. The van der Waals surface area contributed by atoms with Gasteiger partial charge in [0.15, 0.2) is 0 Å². The summed E-state index contributed by atoms with van der Waals surface area (Å²) in [6.45, 7) is 4.44. The molecule has 0 saturated carbocycles. The van der Waals surface area contributed by atoms with Crippen LogP contribution in [0.4, 0.5) is 0 Å². The van der Waals surface area contributed by atoms with E-state index in [1.165, 1.54) is 4.88 Å². The highest BCUT2D eigenvalue weighted by molar-refractivity contribution is 9.10. The van der Waals surface area contributed by atoms with Crippen LogP contribution in [0.5, 0.6) is 0 Å². The average Bonchev–Trinajstić information content (AvgIpc) is 3.05. The fourth-order valence-electron chi connectivity index (χ4n) is 2.12. The van der Waals surface area contributed by atoms with E-state index in [1.807, 2.05) is 16.9 Å². The van der Waals surface area contributed by atoms with Crippen molar-refractivity contribution in [1.29, 1.82) is 0 Å². The fourth-order valence-corrected chi connectivity index (χ4v) is 3.78. The van der Waals surface area contributed by atoms with E-state index in [2.05, 4.69) is 39.3 Å². The molecule has 0 fully saturated rings. The van der Waals surface area contributed by atoms with Crippen LogP contribution < -0.4 is 5.32 Å². The van der Waals surface area contributed by atoms with Crippen molar-refractivity contribution in [3.05, 3.63) is 37.7 Å². The summed E-state index contributed by atoms with van der Waals surface area (Å²) in [7, 11) is 1.70. The fraction of sp³-hybridized carbons (Fsp3) is 0.500. The molecule has 1 unspecified atom stereocenters. The lowest BCUT2D eigenvalue weighted by atomic mass is 10.1. The number of halogens is 2. The summed E-state index contributed by atoms with van der Waals surface area (Å²) in [5, 5.41) is 8.02. The van der Waals surface area contributed by atoms with Crippen molar-refractivity contribution >= 4 is 38.9 Å². The Kier molecular flexibility index (Phi) is 6.70. The Hall–Kier alpha value is -0.400. The molecular formula is C14H19BrClN3OS. The Labute approximate surface area is 142 Å². The second kappa shape index (κ2) is 8.29. The first kappa shape index (κ1) is 17.0. The van der Waals surface area contributed by atoms with Gasteiger partial charge in [0.1, 0.15) is 0 Å². The summed E-state index contributed by atoms with van der Waals surface area (Å²) in [6.07, 6.45) is 2.90. The molecule has 1 atom stereocenters. The maximum atomic E-state index is 6.10. The van der Waals surface area contributed by atoms with Gasteiger partial charge < -0.3 is 10.1 Å². The number of hydrogen-bond acceptors (Lipinski definition) is 4. The first-order valence-electron chi connectivity index (χ1n) is 6.86. The molecular weight excluding hydrogens is 374 g/mol. The summed E-state index contributed by atoms with van der Waals surface area (Å²) >= 11 is 11.3. The molecule has 0 bridgehead atoms. The molecule has 7 heteroatoms. The average molecular weight is 393 g/mol. The monoisotopic (exact) mass is 391 g/mol. The SMILES string of the molecule is CCCNC(c1ccc(Cl)s1)c1c(Br)cnn1CCOC. The Balaban J connectivity index is 2.33. The highest BCUT2D eigenvalue weighted by Crippen LogP contribution is 2.34. The van der Waals surface area contributed by atoms with Gasteiger partial charge in [-0.2, -0.15) is 5.10 Å². The predicted octanol–water partition coefficient (Wildman–Crippen LogP) is 4.10. The van der Waals surface area contributed by atoms with Crippen molar-refractivity contribution in [3.8, 4) is 0 Å². The third kappa shape index (κ3) is 4.29. The van der Waals surface area contributed by atoms with Gasteiger partial charge in [-0.05, 0) is 41.0 Å². The lowest BCUT2D eigenvalue weighted by molar-refractivity contribution is 0.182. The maximum Gasteiger partial charge on any atom is 0.0931 e. The Morgan fingerprint density at radius 3 is 2.95 bits per heavy atom. The van der Waals surface area contributed by atoms with E-state index in [1.54, 1.807) is 18.4 Å². The number of ether oxygens (including phenoxy) is 1. The van der Waals surface area contributed by atoms with Crippen LogP contribution in [0.25, 0.3) is 0 Å². The zero-order chi connectivity index (χ0) is 15.2. The van der Waals surface area contributed by atoms with Crippen LogP contribution in [0.1, 0.15) is 30.0 Å². The van der Waals surface area contributed by atoms with Crippen molar-refractivity contribution < 1.29 is 4.74 Å². The Morgan fingerprint density at radius 1 is 1.52 bits per heavy atom. The second-order valence-electron chi connectivity index (χ2n) is 4.62. The van der Waals surface area contributed by atoms with Gasteiger partial charge in [0.2, 0.25) is 0 Å². The molecule has 0 amide bonds. The van der Waals surface area contributed by atoms with Crippen molar-refractivity contribution in [2.45, 2.75) is 25.9 Å². The molecule has 0 radical (unpaired) electrons. The Morgan fingerprint density at radius 2 is 2.33 bits per heavy atom. The molecule has 0 aliphatic rings. The van der Waals surface area contributed by atoms with E-state index in [-0.39, 0.29) is 6.04 Å². The van der Waals surface area contributed by atoms with Gasteiger partial charge in [-0.1, -0.05) is 18.5 Å².